The molecule has 1 N–H and O–H groups in total. The van der Waals surface area contributed by atoms with Crippen molar-refractivity contribution in [2.45, 2.75) is 111 Å². The van der Waals surface area contributed by atoms with Gasteiger partial charge in [0.1, 0.15) is 0 Å². The molecule has 4 aliphatic rings. The van der Waals surface area contributed by atoms with E-state index in [1.165, 1.54) is 57.8 Å². The maximum absolute atomic E-state index is 10.2. The summed E-state index contributed by atoms with van der Waals surface area (Å²) in [5.74, 6) is 4.99. The third-order valence-corrected chi connectivity index (χ3v) is 10.2. The highest BCUT2D eigenvalue weighted by molar-refractivity contribution is 5.25. The van der Waals surface area contributed by atoms with Gasteiger partial charge in [-0.05, 0) is 97.7 Å². The minimum absolute atomic E-state index is 0.0887. The van der Waals surface area contributed by atoms with Gasteiger partial charge in [0, 0.05) is 1.37 Å². The lowest BCUT2D eigenvalue weighted by Crippen LogP contribution is -2.50. The second-order valence-corrected chi connectivity index (χ2v) is 11.9. The summed E-state index contributed by atoms with van der Waals surface area (Å²) in [6, 6.07) is 0. The van der Waals surface area contributed by atoms with Crippen molar-refractivity contribution in [1.82, 2.24) is 0 Å². The molecule has 160 valence electrons. The van der Waals surface area contributed by atoms with Crippen LogP contribution in [0.4, 0.5) is 0 Å². The molecule has 1 unspecified atom stereocenters. The Morgan fingerprint density at radius 1 is 1.11 bits per heavy atom. The molecular formula is C27H46O. The van der Waals surface area contributed by atoms with Crippen molar-refractivity contribution in [3.8, 4) is 0 Å². The molecule has 0 aromatic carbocycles. The van der Waals surface area contributed by atoms with E-state index in [1.54, 1.807) is 5.57 Å². The second-order valence-electron chi connectivity index (χ2n) is 11.9. The molecule has 0 spiro atoms. The smallest absolute Gasteiger partial charge is 0.0577 e. The number of aliphatic hydroxyl groups is 1. The standard InChI is InChI=1S/C27H46O/c1-18(2)7-6-8-19(3)23-11-12-24-22-10-9-20-17-21(28)13-15-26(20,4)25(22)14-16-27(23,24)5/h9,18-19,21-25,28H,6-8,10-17H2,1-5H3/t19-,21+,22+,23-,24+,25+,26+,27-/m1/s1/i1D/t18?,19-,21+,22+,23-,24+,25+,26+,27-. The minimum Gasteiger partial charge on any atom is -0.393 e. The molecule has 0 saturated heterocycles. The van der Waals surface area contributed by atoms with Crippen molar-refractivity contribution in [2.24, 2.45) is 46.3 Å². The average molecular weight is 388 g/mol. The first-order valence-electron chi connectivity index (χ1n) is 13.2. The maximum Gasteiger partial charge on any atom is 0.0577 e. The molecule has 0 heterocycles. The zero-order valence-corrected chi connectivity index (χ0v) is 19.1. The summed E-state index contributed by atoms with van der Waals surface area (Å²) in [6.45, 7) is 10.6. The van der Waals surface area contributed by atoms with Crippen molar-refractivity contribution in [3.63, 3.8) is 0 Å². The van der Waals surface area contributed by atoms with Crippen LogP contribution in [-0.4, -0.2) is 11.2 Å². The Morgan fingerprint density at radius 3 is 2.71 bits per heavy atom. The number of hydrogen-bond acceptors (Lipinski definition) is 1. The van der Waals surface area contributed by atoms with E-state index in [4.69, 9.17) is 1.37 Å². The van der Waals surface area contributed by atoms with Crippen molar-refractivity contribution in [1.29, 1.82) is 0 Å². The van der Waals surface area contributed by atoms with Gasteiger partial charge in [-0.3, -0.25) is 0 Å². The first-order valence-corrected chi connectivity index (χ1v) is 12.5. The predicted octanol–water partition coefficient (Wildman–Crippen LogP) is 7.39. The lowest BCUT2D eigenvalue weighted by Gasteiger charge is -2.58. The van der Waals surface area contributed by atoms with Gasteiger partial charge in [0.25, 0.3) is 0 Å². The van der Waals surface area contributed by atoms with Crippen LogP contribution in [0.1, 0.15) is 107 Å². The Bertz CT molecular complexity index is 614. The molecule has 4 aliphatic carbocycles. The van der Waals surface area contributed by atoms with Crippen LogP contribution in [0.2, 0.25) is 0 Å². The van der Waals surface area contributed by atoms with Crippen molar-refractivity contribution in [3.05, 3.63) is 11.6 Å². The van der Waals surface area contributed by atoms with E-state index in [1.807, 2.05) is 0 Å². The van der Waals surface area contributed by atoms with E-state index in [-0.39, 0.29) is 6.10 Å². The molecule has 0 bridgehead atoms. The molecule has 28 heavy (non-hydrogen) atoms. The van der Waals surface area contributed by atoms with Crippen molar-refractivity contribution in [2.75, 3.05) is 0 Å². The van der Waals surface area contributed by atoms with Crippen LogP contribution in [0.5, 0.6) is 0 Å². The second kappa shape index (κ2) is 7.75. The highest BCUT2D eigenvalue weighted by atomic mass is 16.3. The first kappa shape index (κ1) is 19.7. The summed E-state index contributed by atoms with van der Waals surface area (Å²) in [5, 5.41) is 10.2. The summed E-state index contributed by atoms with van der Waals surface area (Å²) < 4.78 is 7.57. The van der Waals surface area contributed by atoms with Gasteiger partial charge in [0.15, 0.2) is 0 Å². The molecule has 9 atom stereocenters. The van der Waals surface area contributed by atoms with E-state index in [0.717, 1.165) is 42.4 Å². The van der Waals surface area contributed by atoms with Crippen LogP contribution in [0.15, 0.2) is 11.6 Å². The number of fused-ring (bicyclic) bond motifs is 5. The topological polar surface area (TPSA) is 20.2 Å². The van der Waals surface area contributed by atoms with E-state index in [0.29, 0.717) is 23.6 Å². The minimum atomic E-state index is -0.0887. The van der Waals surface area contributed by atoms with Crippen LogP contribution in [-0.2, 0) is 0 Å². The third-order valence-electron chi connectivity index (χ3n) is 10.2. The van der Waals surface area contributed by atoms with Gasteiger partial charge in [-0.15, -0.1) is 0 Å². The summed E-state index contributed by atoms with van der Waals surface area (Å²) >= 11 is 0. The summed E-state index contributed by atoms with van der Waals surface area (Å²) in [7, 11) is 0. The van der Waals surface area contributed by atoms with Crippen molar-refractivity contribution < 1.29 is 6.48 Å². The van der Waals surface area contributed by atoms with Crippen molar-refractivity contribution >= 4 is 0 Å². The molecule has 0 aliphatic heterocycles. The monoisotopic (exact) mass is 387 g/mol. The predicted molar refractivity (Wildman–Crippen MR) is 119 cm³/mol. The van der Waals surface area contributed by atoms with Crippen LogP contribution in [0, 0.1) is 46.3 Å². The Kier molecular flexibility index (Phi) is 5.44. The number of allylic oxidation sites excluding steroid dienone is 1. The largest absolute Gasteiger partial charge is 0.393 e. The summed E-state index contributed by atoms with van der Waals surface area (Å²) in [5.41, 5.74) is 2.53. The Morgan fingerprint density at radius 2 is 1.93 bits per heavy atom. The highest BCUT2D eigenvalue weighted by Gasteiger charge is 2.59. The Hall–Kier alpha value is -0.300. The number of aliphatic hydroxyl groups excluding tert-OH is 1. The fourth-order valence-electron chi connectivity index (χ4n) is 8.61. The van der Waals surface area contributed by atoms with E-state index in [2.05, 4.69) is 33.8 Å². The molecule has 0 aromatic rings. The maximum atomic E-state index is 10.2. The molecule has 0 radical (unpaired) electrons. The molecule has 0 amide bonds. The fraction of sp³-hybridized carbons (Fsp3) is 0.926. The van der Waals surface area contributed by atoms with Gasteiger partial charge in [-0.1, -0.05) is 65.5 Å². The quantitative estimate of drug-likeness (QED) is 0.488. The van der Waals surface area contributed by atoms with E-state index >= 15 is 0 Å². The first-order chi connectivity index (χ1) is 13.8. The molecule has 1 nitrogen and oxygen atoms in total. The van der Waals surface area contributed by atoms with Crippen LogP contribution >= 0.6 is 0 Å². The Balaban J connectivity index is 1.46. The lowest BCUT2D eigenvalue weighted by molar-refractivity contribution is -0.0573. The van der Waals surface area contributed by atoms with E-state index < -0.39 is 0 Å². The van der Waals surface area contributed by atoms with Crippen LogP contribution in [0.3, 0.4) is 0 Å². The van der Waals surface area contributed by atoms with Crippen LogP contribution in [0.25, 0.3) is 0 Å². The average Bonchev–Trinajstić information content (AvgIpc) is 3.05. The molecule has 1 heteroatoms. The fourth-order valence-corrected chi connectivity index (χ4v) is 8.61. The van der Waals surface area contributed by atoms with Gasteiger partial charge in [-0.2, -0.15) is 0 Å². The highest BCUT2D eigenvalue weighted by Crippen LogP contribution is 2.67. The van der Waals surface area contributed by atoms with Gasteiger partial charge in [0.2, 0.25) is 0 Å². The zero-order chi connectivity index (χ0) is 20.8. The molecule has 3 saturated carbocycles. The van der Waals surface area contributed by atoms with Gasteiger partial charge in [0.05, 0.1) is 6.10 Å². The number of rotatable bonds is 5. The van der Waals surface area contributed by atoms with Crippen LogP contribution < -0.4 is 0 Å². The SMILES string of the molecule is [2H]CC(C)CCC[C@@H](C)[C@H]1CC[C@H]2[C@@H]3CC=C4C[C@@H](O)CC[C@]4(C)[C@H]3CC[C@]12C. The molecule has 3 fully saturated rings. The number of hydrogen-bond donors (Lipinski definition) is 1. The third kappa shape index (κ3) is 3.42. The molecular weight excluding hydrogens is 340 g/mol. The van der Waals surface area contributed by atoms with Gasteiger partial charge < -0.3 is 5.11 Å². The van der Waals surface area contributed by atoms with Gasteiger partial charge >= 0.3 is 0 Å². The summed E-state index contributed by atoms with van der Waals surface area (Å²) in [6.07, 6.45) is 16.6. The lowest BCUT2D eigenvalue weighted by atomic mass is 9.47. The zero-order valence-electron chi connectivity index (χ0n) is 20.1. The molecule has 0 aromatic heterocycles. The normalized spacial score (nSPS) is 48.0. The van der Waals surface area contributed by atoms with Gasteiger partial charge in [-0.25, -0.2) is 0 Å². The summed E-state index contributed by atoms with van der Waals surface area (Å²) in [4.78, 5) is 0. The Labute approximate surface area is 176 Å². The van der Waals surface area contributed by atoms with E-state index in [9.17, 15) is 5.11 Å². The molecule has 4 rings (SSSR count).